The van der Waals surface area contributed by atoms with Crippen LogP contribution in [0.4, 0.5) is 17.5 Å². The molecule has 0 aliphatic carbocycles. The van der Waals surface area contributed by atoms with Crippen LogP contribution in [0, 0.1) is 0 Å². The Morgan fingerprint density at radius 2 is 2.17 bits per heavy atom. The zero-order valence-electron chi connectivity index (χ0n) is 9.74. The van der Waals surface area contributed by atoms with Crippen LogP contribution in [0.25, 0.3) is 0 Å². The van der Waals surface area contributed by atoms with Crippen LogP contribution in [0.3, 0.4) is 0 Å². The molecule has 0 bridgehead atoms. The number of rotatable bonds is 4. The molecule has 0 aliphatic heterocycles. The molecule has 1 aromatic heterocycles. The Balaban J connectivity index is 2.17. The van der Waals surface area contributed by atoms with Crippen LogP contribution in [0.5, 0.6) is 0 Å². The summed E-state index contributed by atoms with van der Waals surface area (Å²) in [6, 6.07) is 7.44. The third-order valence-corrected chi connectivity index (χ3v) is 3.41. The third kappa shape index (κ3) is 3.34. The van der Waals surface area contributed by atoms with Gasteiger partial charge in [-0.05, 0) is 47.1 Å². The number of nitrogens with one attached hydrogen (secondary N) is 2. The number of nitrogens with zero attached hydrogens (tertiary/aromatic N) is 2. The van der Waals surface area contributed by atoms with Crippen LogP contribution in [0.2, 0.25) is 5.02 Å². The number of hydrogen-bond donors (Lipinski definition) is 2. The highest BCUT2D eigenvalue weighted by Gasteiger charge is 2.01. The average Bonchev–Trinajstić information content (AvgIpc) is 2.35. The van der Waals surface area contributed by atoms with E-state index in [4.69, 9.17) is 11.6 Å². The minimum atomic E-state index is 0.603. The van der Waals surface area contributed by atoms with Crippen molar-refractivity contribution in [3.05, 3.63) is 40.0 Å². The molecule has 2 N–H and O–H groups in total. The zero-order valence-corrected chi connectivity index (χ0v) is 12.1. The number of aromatic nitrogens is 2. The van der Waals surface area contributed by atoms with Gasteiger partial charge in [-0.25, -0.2) is 4.98 Å². The van der Waals surface area contributed by atoms with E-state index in [-0.39, 0.29) is 0 Å². The highest BCUT2D eigenvalue weighted by Crippen LogP contribution is 2.26. The first-order valence-electron chi connectivity index (χ1n) is 5.48. The van der Waals surface area contributed by atoms with Crippen molar-refractivity contribution in [1.29, 1.82) is 0 Å². The Morgan fingerprint density at radius 1 is 1.33 bits per heavy atom. The molecular weight excluding hydrogens is 316 g/mol. The summed E-state index contributed by atoms with van der Waals surface area (Å²) in [6.07, 6.45) is 1.70. The van der Waals surface area contributed by atoms with Crippen molar-refractivity contribution in [2.75, 3.05) is 17.2 Å². The molecule has 0 saturated heterocycles. The van der Waals surface area contributed by atoms with E-state index in [1.807, 2.05) is 25.1 Å². The lowest BCUT2D eigenvalue weighted by Crippen LogP contribution is -2.03. The van der Waals surface area contributed by atoms with Gasteiger partial charge in [-0.2, -0.15) is 4.98 Å². The van der Waals surface area contributed by atoms with E-state index >= 15 is 0 Å². The van der Waals surface area contributed by atoms with Crippen molar-refractivity contribution >= 4 is 45.0 Å². The molecule has 2 aromatic rings. The fraction of sp³-hybridized carbons (Fsp3) is 0.167. The number of anilines is 3. The summed E-state index contributed by atoms with van der Waals surface area (Å²) in [6.45, 7) is 2.78. The average molecular weight is 328 g/mol. The molecule has 6 heteroatoms. The maximum absolute atomic E-state index is 6.03. The first kappa shape index (κ1) is 13.1. The quantitative estimate of drug-likeness (QED) is 0.889. The van der Waals surface area contributed by atoms with E-state index in [0.29, 0.717) is 11.0 Å². The number of hydrogen-bond acceptors (Lipinski definition) is 4. The molecule has 0 spiro atoms. The lowest BCUT2D eigenvalue weighted by atomic mass is 10.3. The van der Waals surface area contributed by atoms with Crippen molar-refractivity contribution in [2.45, 2.75) is 6.92 Å². The summed E-state index contributed by atoms with van der Waals surface area (Å²) in [5.74, 6) is 1.32. The Morgan fingerprint density at radius 3 is 2.89 bits per heavy atom. The van der Waals surface area contributed by atoms with Crippen LogP contribution in [0.15, 0.2) is 34.9 Å². The summed E-state index contributed by atoms with van der Waals surface area (Å²) in [5, 5.41) is 6.89. The van der Waals surface area contributed by atoms with E-state index in [1.165, 1.54) is 0 Å². The Hall–Kier alpha value is -1.33. The molecule has 94 valence electrons. The number of halogens is 2. The predicted octanol–water partition coefficient (Wildman–Crippen LogP) is 4.07. The SMILES string of the molecule is CCNc1nccc(Nc2ccc(Br)c(Cl)c2)n1. The molecule has 18 heavy (non-hydrogen) atoms. The van der Waals surface area contributed by atoms with Gasteiger partial charge < -0.3 is 10.6 Å². The van der Waals surface area contributed by atoms with Gasteiger partial charge in [0.25, 0.3) is 0 Å². The van der Waals surface area contributed by atoms with Gasteiger partial charge in [0.05, 0.1) is 5.02 Å². The molecule has 0 atom stereocenters. The van der Waals surface area contributed by atoms with E-state index in [1.54, 1.807) is 12.3 Å². The van der Waals surface area contributed by atoms with Gasteiger partial charge in [0, 0.05) is 22.9 Å². The van der Waals surface area contributed by atoms with Crippen molar-refractivity contribution in [1.82, 2.24) is 9.97 Å². The highest BCUT2D eigenvalue weighted by molar-refractivity contribution is 9.10. The van der Waals surface area contributed by atoms with E-state index in [2.05, 4.69) is 36.5 Å². The topological polar surface area (TPSA) is 49.8 Å². The molecule has 4 nitrogen and oxygen atoms in total. The molecule has 0 aliphatic rings. The van der Waals surface area contributed by atoms with Crippen LogP contribution < -0.4 is 10.6 Å². The molecular formula is C12H12BrClN4. The Labute approximate surface area is 119 Å². The van der Waals surface area contributed by atoms with Gasteiger partial charge in [-0.3, -0.25) is 0 Å². The summed E-state index contributed by atoms with van der Waals surface area (Å²) in [5.41, 5.74) is 0.879. The lowest BCUT2D eigenvalue weighted by molar-refractivity contribution is 1.09. The van der Waals surface area contributed by atoms with Gasteiger partial charge in [0.15, 0.2) is 0 Å². The monoisotopic (exact) mass is 326 g/mol. The first-order chi connectivity index (χ1) is 8.69. The zero-order chi connectivity index (χ0) is 13.0. The summed E-state index contributed by atoms with van der Waals surface area (Å²) < 4.78 is 0.866. The minimum Gasteiger partial charge on any atom is -0.354 e. The second kappa shape index (κ2) is 6.02. The second-order valence-electron chi connectivity index (χ2n) is 3.55. The second-order valence-corrected chi connectivity index (χ2v) is 4.81. The van der Waals surface area contributed by atoms with Gasteiger partial charge in [0.1, 0.15) is 5.82 Å². The molecule has 0 unspecified atom stereocenters. The van der Waals surface area contributed by atoms with Crippen LogP contribution in [0.1, 0.15) is 6.92 Å². The first-order valence-corrected chi connectivity index (χ1v) is 6.65. The van der Waals surface area contributed by atoms with E-state index in [9.17, 15) is 0 Å². The maximum Gasteiger partial charge on any atom is 0.224 e. The smallest absolute Gasteiger partial charge is 0.224 e. The number of benzene rings is 1. The van der Waals surface area contributed by atoms with Crippen molar-refractivity contribution in [3.8, 4) is 0 Å². The van der Waals surface area contributed by atoms with Gasteiger partial charge in [-0.1, -0.05) is 11.6 Å². The van der Waals surface area contributed by atoms with Gasteiger partial charge in [0.2, 0.25) is 5.95 Å². The molecule has 0 saturated carbocycles. The molecule has 2 rings (SSSR count). The molecule has 0 fully saturated rings. The normalized spacial score (nSPS) is 10.2. The largest absolute Gasteiger partial charge is 0.354 e. The molecule has 0 amide bonds. The summed E-state index contributed by atoms with van der Waals surface area (Å²) in [4.78, 5) is 8.43. The molecule has 1 aromatic carbocycles. The van der Waals surface area contributed by atoms with Crippen LogP contribution in [-0.2, 0) is 0 Å². The Kier molecular flexibility index (Phi) is 4.38. The van der Waals surface area contributed by atoms with Gasteiger partial charge in [-0.15, -0.1) is 0 Å². The fourth-order valence-corrected chi connectivity index (χ4v) is 1.82. The minimum absolute atomic E-state index is 0.603. The fourth-order valence-electron chi connectivity index (χ4n) is 1.39. The van der Waals surface area contributed by atoms with Crippen molar-refractivity contribution in [3.63, 3.8) is 0 Å². The third-order valence-electron chi connectivity index (χ3n) is 2.18. The lowest BCUT2D eigenvalue weighted by Gasteiger charge is -2.08. The standard InChI is InChI=1S/C12H12BrClN4/c1-2-15-12-16-6-5-11(18-12)17-8-3-4-9(13)10(14)7-8/h3-7H,2H2,1H3,(H2,15,16,17,18). The maximum atomic E-state index is 6.03. The molecule has 1 heterocycles. The van der Waals surface area contributed by atoms with Gasteiger partial charge >= 0.3 is 0 Å². The van der Waals surface area contributed by atoms with Crippen molar-refractivity contribution in [2.24, 2.45) is 0 Å². The summed E-state index contributed by atoms with van der Waals surface area (Å²) in [7, 11) is 0. The van der Waals surface area contributed by atoms with Crippen LogP contribution >= 0.6 is 27.5 Å². The van der Waals surface area contributed by atoms with Crippen molar-refractivity contribution < 1.29 is 0 Å². The van der Waals surface area contributed by atoms with E-state index in [0.717, 1.165) is 22.5 Å². The predicted molar refractivity (Wildman–Crippen MR) is 78.6 cm³/mol. The summed E-state index contributed by atoms with van der Waals surface area (Å²) >= 11 is 9.38. The molecule has 0 radical (unpaired) electrons. The van der Waals surface area contributed by atoms with E-state index < -0.39 is 0 Å². The Bertz CT molecular complexity index is 547. The van der Waals surface area contributed by atoms with Crippen LogP contribution in [-0.4, -0.2) is 16.5 Å². The highest BCUT2D eigenvalue weighted by atomic mass is 79.9.